The minimum Gasteiger partial charge on any atom is -0.385 e. The molecule has 0 unspecified atom stereocenters. The normalized spacial score (nSPS) is 32.1. The van der Waals surface area contributed by atoms with Crippen LogP contribution in [0.1, 0.15) is 38.5 Å². The van der Waals surface area contributed by atoms with Gasteiger partial charge in [-0.1, -0.05) is 16.4 Å². The van der Waals surface area contributed by atoms with Gasteiger partial charge < -0.3 is 10.2 Å². The fourth-order valence-electron chi connectivity index (χ4n) is 5.93. The van der Waals surface area contributed by atoms with Crippen molar-refractivity contribution in [3.05, 3.63) is 23.2 Å². The van der Waals surface area contributed by atoms with Gasteiger partial charge in [-0.05, 0) is 85.1 Å². The number of carbonyl (C=O) groups is 1. The van der Waals surface area contributed by atoms with E-state index in [0.717, 1.165) is 24.3 Å². The van der Waals surface area contributed by atoms with Crippen molar-refractivity contribution in [2.24, 2.45) is 23.2 Å². The monoisotopic (exact) mass is 374 g/mol. The minimum absolute atomic E-state index is 0.0721. The van der Waals surface area contributed by atoms with Gasteiger partial charge in [-0.2, -0.15) is 0 Å². The zero-order valence-electron chi connectivity index (χ0n) is 14.7. The third-order valence-corrected chi connectivity index (χ3v) is 6.76. The molecule has 4 bridgehead atoms. The van der Waals surface area contributed by atoms with Crippen LogP contribution in [0.25, 0.3) is 11.0 Å². The van der Waals surface area contributed by atoms with E-state index in [1.54, 1.807) is 18.2 Å². The number of nitrogens with one attached hydrogen (secondary N) is 1. The Morgan fingerprint density at radius 3 is 2.62 bits per heavy atom. The first-order valence-corrected chi connectivity index (χ1v) is 9.87. The maximum atomic E-state index is 12.3. The van der Waals surface area contributed by atoms with Crippen LogP contribution in [0.5, 0.6) is 0 Å². The highest BCUT2D eigenvalue weighted by molar-refractivity contribution is 6.31. The molecule has 1 aromatic carbocycles. The number of halogens is 1. The Kier molecular flexibility index (Phi) is 3.85. The van der Waals surface area contributed by atoms with E-state index in [0.29, 0.717) is 21.5 Å². The number of rotatable bonds is 5. The highest BCUT2D eigenvalue weighted by atomic mass is 35.5. The lowest BCUT2D eigenvalue weighted by Gasteiger charge is -2.56. The zero-order valence-corrected chi connectivity index (χ0v) is 15.4. The summed E-state index contributed by atoms with van der Waals surface area (Å²) in [7, 11) is 0. The molecule has 6 nitrogen and oxygen atoms in total. The molecule has 1 N–H and O–H groups in total. The van der Waals surface area contributed by atoms with E-state index in [-0.39, 0.29) is 12.5 Å². The quantitative estimate of drug-likeness (QED) is 0.873. The second-order valence-electron chi connectivity index (χ2n) is 8.56. The van der Waals surface area contributed by atoms with Crippen LogP contribution < -0.4 is 10.2 Å². The van der Waals surface area contributed by atoms with E-state index >= 15 is 0 Å². The van der Waals surface area contributed by atoms with Crippen molar-refractivity contribution < 1.29 is 9.63 Å². The molecule has 4 aliphatic rings. The molecule has 0 atom stereocenters. The minimum atomic E-state index is -0.105. The summed E-state index contributed by atoms with van der Waals surface area (Å²) in [6.07, 6.45) is 8.10. The first-order valence-electron chi connectivity index (χ1n) is 9.50. The maximum absolute atomic E-state index is 12.3. The van der Waals surface area contributed by atoms with Crippen molar-refractivity contribution >= 4 is 28.5 Å². The van der Waals surface area contributed by atoms with Crippen LogP contribution in [0.3, 0.4) is 0 Å². The zero-order chi connectivity index (χ0) is 17.7. The molecular formula is C19H23ClN4O2. The van der Waals surface area contributed by atoms with E-state index in [9.17, 15) is 4.79 Å². The third-order valence-electron chi connectivity index (χ3n) is 6.52. The van der Waals surface area contributed by atoms with Gasteiger partial charge in [0.2, 0.25) is 0 Å². The van der Waals surface area contributed by atoms with Crippen LogP contribution in [-0.4, -0.2) is 34.2 Å². The van der Waals surface area contributed by atoms with Crippen LogP contribution in [0, 0.1) is 23.2 Å². The van der Waals surface area contributed by atoms with Crippen LogP contribution in [0.15, 0.2) is 18.2 Å². The van der Waals surface area contributed by atoms with E-state index in [4.69, 9.17) is 16.4 Å². The highest BCUT2D eigenvalue weighted by Crippen LogP contribution is 2.59. The molecule has 1 aromatic heterocycles. The summed E-state index contributed by atoms with van der Waals surface area (Å²) >= 11 is 6.01. The Labute approximate surface area is 157 Å². The predicted molar refractivity (Wildman–Crippen MR) is 97.6 cm³/mol. The number of fused-ring (bicyclic) bond motifs is 1. The van der Waals surface area contributed by atoms with Crippen molar-refractivity contribution in [3.8, 4) is 0 Å². The lowest BCUT2D eigenvalue weighted by molar-refractivity contribution is -0.128. The second kappa shape index (κ2) is 6.12. The molecular weight excluding hydrogens is 352 g/mol. The van der Waals surface area contributed by atoms with Crippen molar-refractivity contribution in [2.75, 3.05) is 13.2 Å². The van der Waals surface area contributed by atoms with E-state index in [1.165, 1.54) is 43.4 Å². The Hall–Kier alpha value is -1.82. The van der Waals surface area contributed by atoms with Crippen molar-refractivity contribution in [3.63, 3.8) is 0 Å². The Bertz CT molecular complexity index is 814. The number of aromatic nitrogens is 3. The molecule has 1 heterocycles. The van der Waals surface area contributed by atoms with E-state index < -0.39 is 0 Å². The van der Waals surface area contributed by atoms with Gasteiger partial charge in [0.15, 0.2) is 6.61 Å². The molecule has 6 rings (SSSR count). The first kappa shape index (κ1) is 16.4. The van der Waals surface area contributed by atoms with Crippen molar-refractivity contribution in [2.45, 2.75) is 38.5 Å². The molecule has 4 saturated carbocycles. The Morgan fingerprint density at radius 2 is 1.92 bits per heavy atom. The van der Waals surface area contributed by atoms with Gasteiger partial charge in [0.25, 0.3) is 5.91 Å². The third kappa shape index (κ3) is 2.94. The highest BCUT2D eigenvalue weighted by Gasteiger charge is 2.50. The molecule has 0 aliphatic heterocycles. The number of hydrogen-bond donors (Lipinski definition) is 1. The van der Waals surface area contributed by atoms with Crippen LogP contribution in [0.4, 0.5) is 0 Å². The standard InChI is InChI=1S/C19H23ClN4O2/c20-15-1-2-16-17(6-15)24(23-22-16)26-10-18(25)21-11-19-7-12-3-13(8-19)5-14(4-12)9-19/h1-2,6,12-14H,3-5,7-11H2,(H,21,25). The molecule has 0 spiro atoms. The average molecular weight is 375 g/mol. The van der Waals surface area contributed by atoms with Crippen LogP contribution >= 0.6 is 11.6 Å². The van der Waals surface area contributed by atoms with Crippen LogP contribution in [-0.2, 0) is 4.79 Å². The molecule has 4 fully saturated rings. The largest absolute Gasteiger partial charge is 0.385 e. The second-order valence-corrected chi connectivity index (χ2v) is 9.00. The number of hydrogen-bond acceptors (Lipinski definition) is 4. The molecule has 138 valence electrons. The van der Waals surface area contributed by atoms with Crippen molar-refractivity contribution in [1.29, 1.82) is 0 Å². The molecule has 26 heavy (non-hydrogen) atoms. The number of amides is 1. The SMILES string of the molecule is O=C(COn1nnc2ccc(Cl)cc21)NCC12CC3CC(CC(C3)C1)C2. The predicted octanol–water partition coefficient (Wildman–Crippen LogP) is 2.85. The lowest BCUT2D eigenvalue weighted by atomic mass is 9.49. The van der Waals surface area contributed by atoms with Crippen LogP contribution in [0.2, 0.25) is 5.02 Å². The van der Waals surface area contributed by atoms with Gasteiger partial charge in [0.05, 0.1) is 0 Å². The lowest BCUT2D eigenvalue weighted by Crippen LogP contribution is -2.51. The molecule has 7 heteroatoms. The van der Waals surface area contributed by atoms with Gasteiger partial charge in [-0.15, -0.1) is 5.10 Å². The fourth-order valence-corrected chi connectivity index (χ4v) is 6.10. The van der Waals surface area contributed by atoms with Gasteiger partial charge in [0.1, 0.15) is 11.0 Å². The summed E-state index contributed by atoms with van der Waals surface area (Å²) in [6.45, 7) is 0.708. The fraction of sp³-hybridized carbons (Fsp3) is 0.632. The first-order chi connectivity index (χ1) is 12.6. The summed E-state index contributed by atoms with van der Waals surface area (Å²) in [5, 5.41) is 11.6. The topological polar surface area (TPSA) is 69.0 Å². The summed E-state index contributed by atoms with van der Waals surface area (Å²) in [5.41, 5.74) is 1.67. The Morgan fingerprint density at radius 1 is 1.23 bits per heavy atom. The average Bonchev–Trinajstić information content (AvgIpc) is 2.99. The molecule has 2 aromatic rings. The number of carbonyl (C=O) groups excluding carboxylic acids is 1. The van der Waals surface area contributed by atoms with E-state index in [2.05, 4.69) is 15.6 Å². The van der Waals surface area contributed by atoms with Gasteiger partial charge in [-0.25, -0.2) is 0 Å². The molecule has 0 radical (unpaired) electrons. The van der Waals surface area contributed by atoms with Gasteiger partial charge in [0, 0.05) is 11.6 Å². The number of nitrogens with zero attached hydrogens (tertiary/aromatic N) is 3. The summed E-state index contributed by atoms with van der Waals surface area (Å²) in [4.78, 5) is 19.1. The Balaban J connectivity index is 1.18. The van der Waals surface area contributed by atoms with E-state index in [1.807, 2.05) is 0 Å². The van der Waals surface area contributed by atoms with Gasteiger partial charge >= 0.3 is 0 Å². The summed E-state index contributed by atoms with van der Waals surface area (Å²) in [6, 6.07) is 5.25. The molecule has 1 amide bonds. The smallest absolute Gasteiger partial charge is 0.260 e. The van der Waals surface area contributed by atoms with Crippen molar-refractivity contribution in [1.82, 2.24) is 20.5 Å². The summed E-state index contributed by atoms with van der Waals surface area (Å²) in [5.74, 6) is 2.56. The molecule has 4 aliphatic carbocycles. The maximum Gasteiger partial charge on any atom is 0.260 e. The number of benzene rings is 1. The molecule has 0 saturated heterocycles. The summed E-state index contributed by atoms with van der Waals surface area (Å²) < 4.78 is 0. The van der Waals surface area contributed by atoms with Gasteiger partial charge in [-0.3, -0.25) is 4.79 Å².